The summed E-state index contributed by atoms with van der Waals surface area (Å²) >= 11 is 0. The van der Waals surface area contributed by atoms with Crippen molar-refractivity contribution in [1.29, 1.82) is 0 Å². The first-order valence-electron chi connectivity index (χ1n) is 16.7. The number of rotatable bonds is 14. The van der Waals surface area contributed by atoms with Crippen molar-refractivity contribution in [3.63, 3.8) is 0 Å². The first-order valence-corrected chi connectivity index (χ1v) is 16.7. The zero-order valence-electron chi connectivity index (χ0n) is 27.6. The van der Waals surface area contributed by atoms with E-state index in [0.717, 1.165) is 36.0 Å². The lowest BCUT2D eigenvalue weighted by molar-refractivity contribution is -0.149. The van der Waals surface area contributed by atoms with E-state index in [1.807, 2.05) is 66.7 Å². The number of nitrogens with one attached hydrogen (secondary N) is 2. The Balaban J connectivity index is 1.29. The summed E-state index contributed by atoms with van der Waals surface area (Å²) < 4.78 is 11.3. The molecular weight excluding hydrogens is 624 g/mol. The molecule has 4 rings (SSSR count). The van der Waals surface area contributed by atoms with Gasteiger partial charge in [-0.05, 0) is 66.6 Å². The topological polar surface area (TPSA) is 147 Å². The number of hydrogen-bond donors (Lipinski definition) is 3. The minimum atomic E-state index is -0.427. The van der Waals surface area contributed by atoms with E-state index in [0.29, 0.717) is 63.0 Å². The molecule has 1 atom stereocenters. The number of hydroxylamine groups is 1. The Labute approximate surface area is 286 Å². The average Bonchev–Trinajstić information content (AvgIpc) is 3.12. The molecule has 0 aliphatic carbocycles. The van der Waals surface area contributed by atoms with Gasteiger partial charge < -0.3 is 14.4 Å². The number of allylic oxidation sites excluding steroid dienone is 2. The van der Waals surface area contributed by atoms with Crippen LogP contribution in [0.2, 0.25) is 0 Å². The minimum Gasteiger partial charge on any atom is -0.494 e. The van der Waals surface area contributed by atoms with Gasteiger partial charge in [0.05, 0.1) is 18.9 Å². The van der Waals surface area contributed by atoms with Crippen molar-refractivity contribution < 1.29 is 33.9 Å². The molecule has 11 heteroatoms. The fourth-order valence-electron chi connectivity index (χ4n) is 5.27. The highest BCUT2D eigenvalue weighted by Crippen LogP contribution is 2.26. The van der Waals surface area contributed by atoms with Gasteiger partial charge in [-0.15, -0.1) is 0 Å². The molecule has 11 nitrogen and oxygen atoms in total. The highest BCUT2D eigenvalue weighted by atomic mass is 16.5. The van der Waals surface area contributed by atoms with Crippen LogP contribution in [0.1, 0.15) is 90.9 Å². The van der Waals surface area contributed by atoms with E-state index >= 15 is 0 Å². The van der Waals surface area contributed by atoms with Crippen LogP contribution in [0.3, 0.4) is 0 Å². The maximum absolute atomic E-state index is 13.5. The van der Waals surface area contributed by atoms with Gasteiger partial charge in [0.1, 0.15) is 12.4 Å². The molecule has 0 aromatic heterocycles. The summed E-state index contributed by atoms with van der Waals surface area (Å²) in [6.45, 7) is 0.934. The van der Waals surface area contributed by atoms with Gasteiger partial charge in [0.15, 0.2) is 0 Å². The van der Waals surface area contributed by atoms with Crippen LogP contribution in [-0.4, -0.2) is 53.2 Å². The van der Waals surface area contributed by atoms with Crippen LogP contribution in [0.15, 0.2) is 96.1 Å². The second-order valence-corrected chi connectivity index (χ2v) is 11.7. The van der Waals surface area contributed by atoms with Gasteiger partial charge in [0, 0.05) is 31.4 Å². The number of ether oxygens (including phenoxy) is 2. The van der Waals surface area contributed by atoms with E-state index in [1.165, 1.54) is 0 Å². The zero-order chi connectivity index (χ0) is 34.7. The van der Waals surface area contributed by atoms with E-state index in [9.17, 15) is 19.2 Å². The summed E-state index contributed by atoms with van der Waals surface area (Å²) in [5.41, 5.74) is 7.17. The summed E-state index contributed by atoms with van der Waals surface area (Å²) in [5, 5.41) is 12.6. The maximum Gasteiger partial charge on any atom is 0.306 e. The predicted octanol–water partition coefficient (Wildman–Crippen LogP) is 6.03. The first-order chi connectivity index (χ1) is 23.9. The number of cyclic esters (lactones) is 1. The van der Waals surface area contributed by atoms with E-state index in [4.69, 9.17) is 14.7 Å². The average molecular weight is 669 g/mol. The Hall–Kier alpha value is -5.29. The Morgan fingerprint density at radius 1 is 0.898 bits per heavy atom. The van der Waals surface area contributed by atoms with Gasteiger partial charge in [-0.25, -0.2) is 10.9 Å². The lowest BCUT2D eigenvalue weighted by Crippen LogP contribution is -2.37. The lowest BCUT2D eigenvalue weighted by atomic mass is 10.0. The second kappa shape index (κ2) is 20.2. The summed E-state index contributed by atoms with van der Waals surface area (Å²) in [6.07, 6.45) is 10.9. The molecule has 1 aliphatic rings. The quantitative estimate of drug-likeness (QED) is 0.0475. The minimum absolute atomic E-state index is 0.0258. The van der Waals surface area contributed by atoms with E-state index in [-0.39, 0.29) is 30.3 Å². The van der Waals surface area contributed by atoms with Crippen LogP contribution < -0.4 is 15.6 Å². The van der Waals surface area contributed by atoms with Crippen molar-refractivity contribution >= 4 is 29.9 Å². The third-order valence-electron chi connectivity index (χ3n) is 8.01. The molecule has 1 heterocycles. The molecule has 49 heavy (non-hydrogen) atoms. The van der Waals surface area contributed by atoms with Crippen LogP contribution in [0, 0.1) is 0 Å². The van der Waals surface area contributed by atoms with Gasteiger partial charge in [0.2, 0.25) is 11.8 Å². The molecule has 0 fully saturated rings. The molecule has 0 saturated carbocycles. The van der Waals surface area contributed by atoms with E-state index < -0.39 is 6.04 Å². The Kier molecular flexibility index (Phi) is 15.0. The summed E-state index contributed by atoms with van der Waals surface area (Å²) in [5.74, 6) is -0.393. The second-order valence-electron chi connectivity index (χ2n) is 11.7. The standard InChI is InChI=1S/C38H44N4O7/c43-35(41-47)14-8-3-4-11-25-48-33-23-21-32(22-24-33)38(46)40-39-26-29-17-19-30(20-18-29)27-42-34(31-12-6-5-7-13-31)28-49-37(45)16-10-2-1-9-15-36(42)44/h1-2,5-7,12-13,17-24,26,34,47H,3-4,8-11,14-16,25,27-28H2,(H,40,46)(H,41,43)/b2-1+,39-26+/t34-/m1/s1. The summed E-state index contributed by atoms with van der Waals surface area (Å²) in [7, 11) is 0. The number of hydrazone groups is 1. The van der Waals surface area contributed by atoms with Crippen molar-refractivity contribution in [2.24, 2.45) is 5.10 Å². The fraction of sp³-hybridized carbons (Fsp3) is 0.342. The lowest BCUT2D eigenvalue weighted by Gasteiger charge is -2.32. The van der Waals surface area contributed by atoms with Gasteiger partial charge >= 0.3 is 5.97 Å². The number of benzene rings is 3. The first kappa shape index (κ1) is 36.5. The zero-order valence-corrected chi connectivity index (χ0v) is 27.6. The normalized spacial score (nSPS) is 16.3. The highest BCUT2D eigenvalue weighted by molar-refractivity contribution is 5.95. The van der Waals surface area contributed by atoms with Crippen molar-refractivity contribution in [3.05, 3.63) is 113 Å². The molecule has 1 aliphatic heterocycles. The molecule has 3 aromatic carbocycles. The Bertz CT molecular complexity index is 1560. The molecule has 0 spiro atoms. The molecular formula is C38H44N4O7. The molecule has 3 aromatic rings. The molecule has 0 unspecified atom stereocenters. The van der Waals surface area contributed by atoms with Crippen LogP contribution in [0.25, 0.3) is 0 Å². The van der Waals surface area contributed by atoms with Crippen molar-refractivity contribution in [2.45, 2.75) is 70.4 Å². The smallest absolute Gasteiger partial charge is 0.306 e. The molecule has 258 valence electrons. The maximum atomic E-state index is 13.5. The Morgan fingerprint density at radius 3 is 2.35 bits per heavy atom. The molecule has 3 N–H and O–H groups in total. The van der Waals surface area contributed by atoms with Crippen LogP contribution in [0.4, 0.5) is 0 Å². The molecule has 3 amide bonds. The Morgan fingerprint density at radius 2 is 1.61 bits per heavy atom. The van der Waals surface area contributed by atoms with Gasteiger partial charge in [-0.2, -0.15) is 5.10 Å². The fourth-order valence-corrected chi connectivity index (χ4v) is 5.27. The van der Waals surface area contributed by atoms with Gasteiger partial charge in [-0.1, -0.05) is 79.6 Å². The van der Waals surface area contributed by atoms with Crippen LogP contribution in [0.5, 0.6) is 5.75 Å². The monoisotopic (exact) mass is 668 g/mol. The predicted molar refractivity (Wildman–Crippen MR) is 185 cm³/mol. The van der Waals surface area contributed by atoms with Crippen LogP contribution >= 0.6 is 0 Å². The van der Waals surface area contributed by atoms with Gasteiger partial charge in [-0.3, -0.25) is 24.4 Å². The number of carbonyl (C=O) groups is 4. The van der Waals surface area contributed by atoms with E-state index in [2.05, 4.69) is 10.5 Å². The van der Waals surface area contributed by atoms with Crippen LogP contribution in [-0.2, 0) is 25.7 Å². The van der Waals surface area contributed by atoms with Crippen molar-refractivity contribution in [2.75, 3.05) is 13.2 Å². The highest BCUT2D eigenvalue weighted by Gasteiger charge is 2.27. The van der Waals surface area contributed by atoms with E-state index in [1.54, 1.807) is 40.9 Å². The number of amides is 3. The number of nitrogens with zero attached hydrogens (tertiary/aromatic N) is 2. The van der Waals surface area contributed by atoms with Crippen molar-refractivity contribution in [3.8, 4) is 5.75 Å². The number of unbranched alkanes of at least 4 members (excludes halogenated alkanes) is 3. The largest absolute Gasteiger partial charge is 0.494 e. The molecule has 0 radical (unpaired) electrons. The van der Waals surface area contributed by atoms with Gasteiger partial charge in [0.25, 0.3) is 5.91 Å². The molecule has 0 bridgehead atoms. The number of hydrogen-bond acceptors (Lipinski definition) is 8. The summed E-state index contributed by atoms with van der Waals surface area (Å²) in [4.78, 5) is 51.2. The third kappa shape index (κ3) is 12.7. The third-order valence-corrected chi connectivity index (χ3v) is 8.01. The number of carbonyl (C=O) groups excluding carboxylic acids is 4. The van der Waals surface area contributed by atoms with Crippen molar-refractivity contribution in [1.82, 2.24) is 15.8 Å². The summed E-state index contributed by atoms with van der Waals surface area (Å²) in [6, 6.07) is 23.5. The number of esters is 1. The SMILES string of the molecule is O=C(CCCCCCOc1ccc(C(=O)N/N=C/c2ccc(CN3C(=O)CC/C=C/CCC(=O)OC[C@@H]3c3ccccc3)cc2)cc1)NO. The molecule has 0 saturated heterocycles.